The van der Waals surface area contributed by atoms with Crippen LogP contribution in [0.25, 0.3) is 6.08 Å². The van der Waals surface area contributed by atoms with Gasteiger partial charge in [-0.3, -0.25) is 4.79 Å². The molecule has 156 valence electrons. The maximum Gasteiger partial charge on any atom is 0.266 e. The summed E-state index contributed by atoms with van der Waals surface area (Å²) in [6.07, 6.45) is 1.51. The van der Waals surface area contributed by atoms with E-state index in [0.29, 0.717) is 28.6 Å². The fourth-order valence-electron chi connectivity index (χ4n) is 2.65. The maximum absolute atomic E-state index is 13.0. The number of carbonyl (C=O) groups is 1. The number of hydrogen-bond donors (Lipinski definition) is 1. The first-order chi connectivity index (χ1) is 14.9. The third-order valence-electron chi connectivity index (χ3n) is 4.37. The van der Waals surface area contributed by atoms with Crippen molar-refractivity contribution in [3.05, 3.63) is 97.3 Å². The largest absolute Gasteiger partial charge is 0.488 e. The van der Waals surface area contributed by atoms with Crippen LogP contribution >= 0.6 is 34.2 Å². The lowest BCUT2D eigenvalue weighted by atomic mass is 10.1. The lowest BCUT2D eigenvalue weighted by molar-refractivity contribution is -0.112. The number of carbonyl (C=O) groups excluding carboxylic acids is 1. The average molecular weight is 547 g/mol. The molecule has 0 aliphatic carbocycles. The van der Waals surface area contributed by atoms with E-state index in [1.165, 1.54) is 18.2 Å². The van der Waals surface area contributed by atoms with Gasteiger partial charge in [0.25, 0.3) is 5.91 Å². The highest BCUT2D eigenvalue weighted by Crippen LogP contribution is 2.25. The predicted octanol–water partition coefficient (Wildman–Crippen LogP) is 6.52. The molecule has 0 fully saturated rings. The number of hydrogen-bond acceptors (Lipinski definition) is 3. The number of nitriles is 1. The molecule has 1 amide bonds. The first-order valence-corrected chi connectivity index (χ1v) is 10.7. The molecule has 1 N–H and O–H groups in total. The van der Waals surface area contributed by atoms with Gasteiger partial charge in [0.1, 0.15) is 29.8 Å². The Bertz CT molecular complexity index is 1190. The highest BCUT2D eigenvalue weighted by Gasteiger charge is 2.11. The quantitative estimate of drug-likeness (QED) is 0.218. The van der Waals surface area contributed by atoms with Crippen LogP contribution in [0.1, 0.15) is 16.7 Å². The number of benzene rings is 3. The van der Waals surface area contributed by atoms with Crippen LogP contribution in [0.4, 0.5) is 10.1 Å². The molecule has 3 aromatic rings. The summed E-state index contributed by atoms with van der Waals surface area (Å²) in [5.74, 6) is -0.161. The number of aryl methyl sites for hydroxylation is 1. The van der Waals surface area contributed by atoms with E-state index in [4.69, 9.17) is 16.3 Å². The Hall–Kier alpha value is -2.89. The number of nitrogens with zero attached hydrogens (tertiary/aromatic N) is 1. The number of halogens is 3. The molecule has 0 spiro atoms. The van der Waals surface area contributed by atoms with Crippen LogP contribution in [-0.4, -0.2) is 5.91 Å². The number of amides is 1. The molecule has 0 heterocycles. The minimum Gasteiger partial charge on any atom is -0.488 e. The van der Waals surface area contributed by atoms with Crippen LogP contribution < -0.4 is 10.1 Å². The Morgan fingerprint density at radius 3 is 2.58 bits per heavy atom. The second-order valence-corrected chi connectivity index (χ2v) is 8.26. The third kappa shape index (κ3) is 6.29. The zero-order chi connectivity index (χ0) is 22.4. The van der Waals surface area contributed by atoms with Crippen molar-refractivity contribution >= 4 is 51.9 Å². The van der Waals surface area contributed by atoms with E-state index in [1.807, 2.05) is 19.1 Å². The molecule has 7 heteroatoms. The fourth-order valence-corrected chi connectivity index (χ4v) is 3.53. The molecule has 3 aromatic carbocycles. The lowest BCUT2D eigenvalue weighted by Gasteiger charge is -2.09. The Morgan fingerprint density at radius 2 is 1.94 bits per heavy atom. The summed E-state index contributed by atoms with van der Waals surface area (Å²) in [7, 11) is 0. The van der Waals surface area contributed by atoms with Crippen molar-refractivity contribution in [2.24, 2.45) is 0 Å². The predicted molar refractivity (Wildman–Crippen MR) is 128 cm³/mol. The number of ether oxygens (including phenoxy) is 1. The van der Waals surface area contributed by atoms with Gasteiger partial charge in [0.05, 0.1) is 3.57 Å². The normalized spacial score (nSPS) is 11.0. The van der Waals surface area contributed by atoms with Crippen LogP contribution in [0.2, 0.25) is 5.02 Å². The highest BCUT2D eigenvalue weighted by atomic mass is 127. The van der Waals surface area contributed by atoms with Gasteiger partial charge in [-0.05, 0) is 88.7 Å². The van der Waals surface area contributed by atoms with Gasteiger partial charge in [-0.1, -0.05) is 35.9 Å². The molecule has 3 rings (SSSR count). The van der Waals surface area contributed by atoms with E-state index in [9.17, 15) is 14.4 Å². The van der Waals surface area contributed by atoms with Crippen molar-refractivity contribution in [3.8, 4) is 11.8 Å². The van der Waals surface area contributed by atoms with Crippen LogP contribution in [0.5, 0.6) is 5.75 Å². The molecule has 0 atom stereocenters. The molecular weight excluding hydrogens is 530 g/mol. The average Bonchev–Trinajstić information content (AvgIpc) is 2.75. The zero-order valence-electron chi connectivity index (χ0n) is 16.5. The molecule has 0 aromatic heterocycles. The molecule has 0 aliphatic heterocycles. The van der Waals surface area contributed by atoms with Gasteiger partial charge in [-0.25, -0.2) is 4.39 Å². The van der Waals surface area contributed by atoms with E-state index in [0.717, 1.165) is 14.7 Å². The molecule has 0 aliphatic rings. The molecule has 0 bridgehead atoms. The van der Waals surface area contributed by atoms with Crippen LogP contribution in [0.3, 0.4) is 0 Å². The summed E-state index contributed by atoms with van der Waals surface area (Å²) in [5.41, 5.74) is 2.91. The lowest BCUT2D eigenvalue weighted by Crippen LogP contribution is -2.13. The summed E-state index contributed by atoms with van der Waals surface area (Å²) >= 11 is 8.21. The van der Waals surface area contributed by atoms with Crippen LogP contribution in [0.15, 0.2) is 66.2 Å². The molecule has 4 nitrogen and oxygen atoms in total. The van der Waals surface area contributed by atoms with Crippen molar-refractivity contribution < 1.29 is 13.9 Å². The van der Waals surface area contributed by atoms with E-state index in [1.54, 1.807) is 42.5 Å². The zero-order valence-corrected chi connectivity index (χ0v) is 19.4. The van der Waals surface area contributed by atoms with E-state index >= 15 is 0 Å². The van der Waals surface area contributed by atoms with Gasteiger partial charge in [0.15, 0.2) is 0 Å². The summed E-state index contributed by atoms with van der Waals surface area (Å²) in [5, 5.41) is 12.6. The third-order valence-corrected chi connectivity index (χ3v) is 5.62. The summed E-state index contributed by atoms with van der Waals surface area (Å²) in [4.78, 5) is 12.5. The van der Waals surface area contributed by atoms with E-state index in [2.05, 4.69) is 27.9 Å². The van der Waals surface area contributed by atoms with Crippen molar-refractivity contribution in [1.29, 1.82) is 5.26 Å². The number of rotatable bonds is 6. The van der Waals surface area contributed by atoms with Crippen LogP contribution in [0, 0.1) is 27.6 Å². The standard InChI is InChI=1S/C24H17ClFIN2O2/c1-15-2-8-20(12-21(15)25)29-24(30)18(13-28)10-17-5-9-23(22(27)11-17)31-14-16-3-6-19(26)7-4-16/h2-12H,14H2,1H3,(H,29,30)/b18-10-. The molecule has 31 heavy (non-hydrogen) atoms. The molecule has 0 saturated heterocycles. The smallest absolute Gasteiger partial charge is 0.266 e. The van der Waals surface area contributed by atoms with E-state index < -0.39 is 5.91 Å². The second kappa shape index (κ2) is 10.4. The molecular formula is C24H17ClFIN2O2. The van der Waals surface area contributed by atoms with Gasteiger partial charge in [0.2, 0.25) is 0 Å². The summed E-state index contributed by atoms with van der Waals surface area (Å²) in [6.45, 7) is 2.17. The fraction of sp³-hybridized carbons (Fsp3) is 0.0833. The molecule has 0 saturated carbocycles. The Kier molecular flexibility index (Phi) is 7.66. The van der Waals surface area contributed by atoms with E-state index in [-0.39, 0.29) is 11.4 Å². The first kappa shape index (κ1) is 22.8. The topological polar surface area (TPSA) is 62.1 Å². The van der Waals surface area contributed by atoms with Gasteiger partial charge in [-0.15, -0.1) is 0 Å². The Labute approximate surface area is 198 Å². The van der Waals surface area contributed by atoms with Gasteiger partial charge >= 0.3 is 0 Å². The summed E-state index contributed by atoms with van der Waals surface area (Å²) < 4.78 is 19.6. The Balaban J connectivity index is 1.70. The maximum atomic E-state index is 13.0. The van der Waals surface area contributed by atoms with Crippen molar-refractivity contribution in [3.63, 3.8) is 0 Å². The van der Waals surface area contributed by atoms with Crippen LogP contribution in [-0.2, 0) is 11.4 Å². The summed E-state index contributed by atoms with van der Waals surface area (Å²) in [6, 6.07) is 18.5. The van der Waals surface area contributed by atoms with Gasteiger partial charge in [0, 0.05) is 10.7 Å². The van der Waals surface area contributed by atoms with Gasteiger partial charge < -0.3 is 10.1 Å². The molecule has 0 radical (unpaired) electrons. The highest BCUT2D eigenvalue weighted by molar-refractivity contribution is 14.1. The van der Waals surface area contributed by atoms with Gasteiger partial charge in [-0.2, -0.15) is 5.26 Å². The minimum atomic E-state index is -0.519. The number of nitrogens with one attached hydrogen (secondary N) is 1. The monoisotopic (exact) mass is 546 g/mol. The second-order valence-electron chi connectivity index (χ2n) is 6.69. The Morgan fingerprint density at radius 1 is 1.19 bits per heavy atom. The van der Waals surface area contributed by atoms with Crippen molar-refractivity contribution in [2.45, 2.75) is 13.5 Å². The van der Waals surface area contributed by atoms with Crippen molar-refractivity contribution in [2.75, 3.05) is 5.32 Å². The SMILES string of the molecule is Cc1ccc(NC(=O)/C(C#N)=C\c2ccc(OCc3ccc(F)cc3)c(I)c2)cc1Cl. The first-order valence-electron chi connectivity index (χ1n) is 9.22. The van der Waals surface area contributed by atoms with Crippen molar-refractivity contribution in [1.82, 2.24) is 0 Å². The molecule has 0 unspecified atom stereocenters. The number of anilines is 1. The minimum absolute atomic E-state index is 0.0347.